The van der Waals surface area contributed by atoms with Crippen LogP contribution in [0.25, 0.3) is 0 Å². The molecule has 2 aromatic rings. The lowest BCUT2D eigenvalue weighted by molar-refractivity contribution is -0.384. The van der Waals surface area contributed by atoms with E-state index in [4.69, 9.17) is 14.2 Å². The maximum atomic E-state index is 11.8. The first kappa shape index (κ1) is 19.1. The van der Waals surface area contributed by atoms with E-state index < -0.39 is 4.92 Å². The molecule has 0 spiro atoms. The van der Waals surface area contributed by atoms with E-state index in [1.807, 2.05) is 0 Å². The molecular formula is C17H19N3O6. The van der Waals surface area contributed by atoms with Crippen molar-refractivity contribution in [3.8, 4) is 11.6 Å². The zero-order chi connectivity index (χ0) is 18.8. The number of hydrogen-bond acceptors (Lipinski definition) is 7. The third kappa shape index (κ3) is 6.36. The second-order valence-electron chi connectivity index (χ2n) is 5.16. The van der Waals surface area contributed by atoms with Crippen LogP contribution in [0.3, 0.4) is 0 Å². The molecule has 0 aliphatic heterocycles. The van der Waals surface area contributed by atoms with E-state index in [0.717, 1.165) is 5.56 Å². The Hall–Kier alpha value is -3.20. The Morgan fingerprint density at radius 3 is 2.54 bits per heavy atom. The molecule has 1 aromatic heterocycles. The van der Waals surface area contributed by atoms with Gasteiger partial charge in [-0.1, -0.05) is 6.07 Å². The van der Waals surface area contributed by atoms with Gasteiger partial charge in [-0.2, -0.15) is 0 Å². The Morgan fingerprint density at radius 2 is 1.92 bits per heavy atom. The molecule has 0 atom stereocenters. The number of carbonyl (C=O) groups is 1. The van der Waals surface area contributed by atoms with E-state index in [-0.39, 0.29) is 18.2 Å². The molecule has 9 nitrogen and oxygen atoms in total. The fraction of sp³-hybridized carbons (Fsp3) is 0.294. The van der Waals surface area contributed by atoms with Crippen molar-refractivity contribution < 1.29 is 23.9 Å². The first-order valence-electron chi connectivity index (χ1n) is 7.79. The van der Waals surface area contributed by atoms with Crippen LogP contribution in [0.15, 0.2) is 42.6 Å². The van der Waals surface area contributed by atoms with Gasteiger partial charge in [-0.15, -0.1) is 0 Å². The van der Waals surface area contributed by atoms with Crippen LogP contribution in [-0.4, -0.2) is 42.7 Å². The van der Waals surface area contributed by atoms with E-state index in [1.54, 1.807) is 25.4 Å². The molecule has 0 radical (unpaired) electrons. The van der Waals surface area contributed by atoms with Crippen molar-refractivity contribution in [1.29, 1.82) is 0 Å². The maximum absolute atomic E-state index is 11.8. The van der Waals surface area contributed by atoms with Gasteiger partial charge in [-0.25, -0.2) is 4.98 Å². The highest BCUT2D eigenvalue weighted by Gasteiger charge is 2.07. The van der Waals surface area contributed by atoms with Crippen molar-refractivity contribution in [3.63, 3.8) is 0 Å². The minimum Gasteiger partial charge on any atom is -0.484 e. The van der Waals surface area contributed by atoms with Crippen LogP contribution in [0.4, 0.5) is 5.69 Å². The van der Waals surface area contributed by atoms with Gasteiger partial charge >= 0.3 is 0 Å². The highest BCUT2D eigenvalue weighted by Crippen LogP contribution is 2.17. The molecular weight excluding hydrogens is 342 g/mol. The largest absolute Gasteiger partial charge is 0.484 e. The lowest BCUT2D eigenvalue weighted by Crippen LogP contribution is -2.28. The SMILES string of the molecule is COCCOc1ccc(CNC(=O)COc2ccc([N+](=O)[O-])cc2)cn1. The monoisotopic (exact) mass is 361 g/mol. The zero-order valence-electron chi connectivity index (χ0n) is 14.2. The van der Waals surface area contributed by atoms with E-state index in [9.17, 15) is 14.9 Å². The summed E-state index contributed by atoms with van der Waals surface area (Å²) in [4.78, 5) is 26.0. The fourth-order valence-electron chi connectivity index (χ4n) is 1.90. The van der Waals surface area contributed by atoms with Gasteiger partial charge in [-0.05, 0) is 17.7 Å². The normalized spacial score (nSPS) is 10.2. The number of nitrogens with zero attached hydrogens (tertiary/aromatic N) is 2. The molecule has 0 saturated heterocycles. The van der Waals surface area contributed by atoms with Gasteiger partial charge in [-0.3, -0.25) is 14.9 Å². The number of aromatic nitrogens is 1. The van der Waals surface area contributed by atoms with Crippen molar-refractivity contribution in [3.05, 3.63) is 58.3 Å². The lowest BCUT2D eigenvalue weighted by atomic mass is 10.3. The summed E-state index contributed by atoms with van der Waals surface area (Å²) in [7, 11) is 1.59. The van der Waals surface area contributed by atoms with Crippen molar-refractivity contribution in [2.24, 2.45) is 0 Å². The third-order valence-corrected chi connectivity index (χ3v) is 3.24. The van der Waals surface area contributed by atoms with Crippen LogP contribution in [0.5, 0.6) is 11.6 Å². The molecule has 1 aromatic carbocycles. The van der Waals surface area contributed by atoms with E-state index in [0.29, 0.717) is 31.4 Å². The Morgan fingerprint density at radius 1 is 1.15 bits per heavy atom. The van der Waals surface area contributed by atoms with Gasteiger partial charge in [0.2, 0.25) is 5.88 Å². The quantitative estimate of drug-likeness (QED) is 0.389. The second kappa shape index (κ2) is 9.94. The number of amides is 1. The average molecular weight is 361 g/mol. The number of nitro benzene ring substituents is 1. The van der Waals surface area contributed by atoms with E-state index >= 15 is 0 Å². The number of rotatable bonds is 10. The molecule has 0 saturated carbocycles. The summed E-state index contributed by atoms with van der Waals surface area (Å²) < 4.78 is 15.5. The summed E-state index contributed by atoms with van der Waals surface area (Å²) >= 11 is 0. The molecule has 1 N–H and O–H groups in total. The molecule has 1 amide bonds. The minimum atomic E-state index is -0.502. The van der Waals surface area contributed by atoms with E-state index in [1.165, 1.54) is 24.3 Å². The summed E-state index contributed by atoms with van der Waals surface area (Å²) in [5.74, 6) is 0.549. The van der Waals surface area contributed by atoms with Crippen LogP contribution in [0, 0.1) is 10.1 Å². The fourth-order valence-corrected chi connectivity index (χ4v) is 1.90. The Labute approximate surface area is 150 Å². The molecule has 138 valence electrons. The number of nitro groups is 1. The molecule has 0 bridgehead atoms. The summed E-state index contributed by atoms with van der Waals surface area (Å²) in [6.07, 6.45) is 1.61. The van der Waals surface area contributed by atoms with Crippen LogP contribution >= 0.6 is 0 Å². The molecule has 0 aliphatic rings. The Kier molecular flexibility index (Phi) is 7.31. The number of carbonyl (C=O) groups excluding carboxylic acids is 1. The van der Waals surface area contributed by atoms with Crippen LogP contribution in [0.2, 0.25) is 0 Å². The van der Waals surface area contributed by atoms with Gasteiger partial charge in [0.1, 0.15) is 12.4 Å². The molecule has 0 unspecified atom stereocenters. The number of hydrogen-bond donors (Lipinski definition) is 1. The van der Waals surface area contributed by atoms with Crippen molar-refractivity contribution >= 4 is 11.6 Å². The third-order valence-electron chi connectivity index (χ3n) is 3.24. The maximum Gasteiger partial charge on any atom is 0.269 e. The van der Waals surface area contributed by atoms with E-state index in [2.05, 4.69) is 10.3 Å². The van der Waals surface area contributed by atoms with Gasteiger partial charge in [0, 0.05) is 38.1 Å². The van der Waals surface area contributed by atoms with Crippen LogP contribution in [0.1, 0.15) is 5.56 Å². The van der Waals surface area contributed by atoms with Gasteiger partial charge < -0.3 is 19.5 Å². The highest BCUT2D eigenvalue weighted by atomic mass is 16.6. The standard InChI is InChI=1S/C17H19N3O6/c1-24-8-9-25-17-7-2-13(11-19-17)10-18-16(21)12-26-15-5-3-14(4-6-15)20(22)23/h2-7,11H,8-10,12H2,1H3,(H,18,21). The Bertz CT molecular complexity index is 718. The average Bonchev–Trinajstić information content (AvgIpc) is 2.66. The second-order valence-corrected chi connectivity index (χ2v) is 5.16. The first-order chi connectivity index (χ1) is 12.6. The number of ether oxygens (including phenoxy) is 3. The molecule has 9 heteroatoms. The number of methoxy groups -OCH3 is 1. The number of nitrogens with one attached hydrogen (secondary N) is 1. The number of pyridine rings is 1. The predicted octanol–water partition coefficient (Wildman–Crippen LogP) is 1.71. The van der Waals surface area contributed by atoms with Gasteiger partial charge in [0.05, 0.1) is 11.5 Å². The van der Waals surface area contributed by atoms with Crippen molar-refractivity contribution in [2.45, 2.75) is 6.54 Å². The highest BCUT2D eigenvalue weighted by molar-refractivity contribution is 5.77. The summed E-state index contributed by atoms with van der Waals surface area (Å²) in [5.41, 5.74) is 0.775. The minimum absolute atomic E-state index is 0.0380. The molecule has 2 rings (SSSR count). The summed E-state index contributed by atoms with van der Waals surface area (Å²) in [6.45, 7) is 1.01. The zero-order valence-corrected chi connectivity index (χ0v) is 14.2. The molecule has 0 aliphatic carbocycles. The Balaban J connectivity index is 1.71. The van der Waals surface area contributed by atoms with Crippen LogP contribution in [-0.2, 0) is 16.1 Å². The summed E-state index contributed by atoms with van der Waals surface area (Å²) in [5, 5.41) is 13.3. The predicted molar refractivity (Wildman–Crippen MR) is 92.0 cm³/mol. The number of non-ortho nitro benzene ring substituents is 1. The summed E-state index contributed by atoms with van der Waals surface area (Å²) in [6, 6.07) is 9.02. The molecule has 0 fully saturated rings. The molecule has 26 heavy (non-hydrogen) atoms. The number of benzene rings is 1. The van der Waals surface area contributed by atoms with Gasteiger partial charge in [0.15, 0.2) is 6.61 Å². The van der Waals surface area contributed by atoms with Crippen molar-refractivity contribution in [2.75, 3.05) is 26.9 Å². The smallest absolute Gasteiger partial charge is 0.269 e. The molecule has 1 heterocycles. The van der Waals surface area contributed by atoms with Crippen molar-refractivity contribution in [1.82, 2.24) is 10.3 Å². The first-order valence-corrected chi connectivity index (χ1v) is 7.79. The van der Waals surface area contributed by atoms with Crippen LogP contribution < -0.4 is 14.8 Å². The van der Waals surface area contributed by atoms with Gasteiger partial charge in [0.25, 0.3) is 11.6 Å². The topological polar surface area (TPSA) is 113 Å². The lowest BCUT2D eigenvalue weighted by Gasteiger charge is -2.08.